The first kappa shape index (κ1) is 13.6. The van der Waals surface area contributed by atoms with Gasteiger partial charge in [-0.25, -0.2) is 4.39 Å². The van der Waals surface area contributed by atoms with Gasteiger partial charge >= 0.3 is 0 Å². The second-order valence-electron chi connectivity index (χ2n) is 4.16. The molecule has 4 heteroatoms. The quantitative estimate of drug-likeness (QED) is 0.851. The molecule has 0 aliphatic carbocycles. The van der Waals surface area contributed by atoms with Crippen molar-refractivity contribution >= 4 is 17.2 Å². The van der Waals surface area contributed by atoms with E-state index in [9.17, 15) is 4.39 Å². The summed E-state index contributed by atoms with van der Waals surface area (Å²) in [6.45, 7) is 0.908. The van der Waals surface area contributed by atoms with Crippen LogP contribution in [0.3, 0.4) is 0 Å². The van der Waals surface area contributed by atoms with Gasteiger partial charge in [-0.1, -0.05) is 48.6 Å². The number of ether oxygens (including phenoxy) is 1. The Balaban J connectivity index is 1.97. The molecule has 2 N–H and O–H groups in total. The van der Waals surface area contributed by atoms with E-state index in [1.165, 1.54) is 6.07 Å². The second kappa shape index (κ2) is 6.41. The minimum absolute atomic E-state index is 0.0578. The summed E-state index contributed by atoms with van der Waals surface area (Å²) in [6.07, 6.45) is 0. The van der Waals surface area contributed by atoms with Crippen molar-refractivity contribution in [3.8, 4) is 0 Å². The maximum Gasteiger partial charge on any atom is 0.133 e. The van der Waals surface area contributed by atoms with Crippen molar-refractivity contribution in [1.82, 2.24) is 0 Å². The Morgan fingerprint density at radius 1 is 1.05 bits per heavy atom. The summed E-state index contributed by atoms with van der Waals surface area (Å²) >= 11 is 4.80. The predicted octanol–water partition coefficient (Wildman–Crippen LogP) is 3.18. The van der Waals surface area contributed by atoms with Gasteiger partial charge in [-0.05, 0) is 23.3 Å². The van der Waals surface area contributed by atoms with Crippen molar-refractivity contribution in [2.24, 2.45) is 5.73 Å². The summed E-state index contributed by atoms with van der Waals surface area (Å²) in [5.74, 6) is -0.403. The minimum Gasteiger partial charge on any atom is -0.389 e. The fourth-order valence-corrected chi connectivity index (χ4v) is 1.87. The van der Waals surface area contributed by atoms with Crippen LogP contribution < -0.4 is 5.73 Å². The molecule has 0 radical (unpaired) electrons. The van der Waals surface area contributed by atoms with Gasteiger partial charge < -0.3 is 10.5 Å². The van der Waals surface area contributed by atoms with Crippen LogP contribution in [0.2, 0.25) is 0 Å². The van der Waals surface area contributed by atoms with Gasteiger partial charge in [0.15, 0.2) is 0 Å². The van der Waals surface area contributed by atoms with Crippen molar-refractivity contribution in [3.63, 3.8) is 0 Å². The highest BCUT2D eigenvalue weighted by molar-refractivity contribution is 7.80. The van der Waals surface area contributed by atoms with Crippen LogP contribution in [0.1, 0.15) is 16.7 Å². The summed E-state index contributed by atoms with van der Waals surface area (Å²) in [5, 5.41) is 0. The maximum atomic E-state index is 13.4. The van der Waals surface area contributed by atoms with E-state index in [1.807, 2.05) is 30.3 Å². The average molecular weight is 275 g/mol. The molecule has 2 aromatic rings. The molecule has 2 nitrogen and oxygen atoms in total. The van der Waals surface area contributed by atoms with Crippen LogP contribution in [0.25, 0.3) is 0 Å². The van der Waals surface area contributed by atoms with Crippen LogP contribution in [-0.4, -0.2) is 4.99 Å². The monoisotopic (exact) mass is 275 g/mol. The number of thiocarbonyl (C=S) groups is 1. The molecule has 0 aliphatic heterocycles. The Morgan fingerprint density at radius 3 is 2.42 bits per heavy atom. The third kappa shape index (κ3) is 3.84. The third-order valence-corrected chi connectivity index (χ3v) is 2.90. The van der Waals surface area contributed by atoms with Crippen LogP contribution >= 0.6 is 12.2 Å². The third-order valence-electron chi connectivity index (χ3n) is 2.68. The van der Waals surface area contributed by atoms with Gasteiger partial charge in [-0.15, -0.1) is 0 Å². The summed E-state index contributed by atoms with van der Waals surface area (Å²) in [4.78, 5) is 0.0578. The van der Waals surface area contributed by atoms with Gasteiger partial charge in [0, 0.05) is 5.56 Å². The molecular weight excluding hydrogens is 261 g/mol. The largest absolute Gasteiger partial charge is 0.389 e. The summed E-state index contributed by atoms with van der Waals surface area (Å²) in [7, 11) is 0. The zero-order chi connectivity index (χ0) is 13.7. The summed E-state index contributed by atoms with van der Waals surface area (Å²) < 4.78 is 19.0. The van der Waals surface area contributed by atoms with Crippen LogP contribution in [-0.2, 0) is 18.0 Å². The SMILES string of the molecule is NC(=S)c1cc(COCc2ccccc2)ccc1F. The molecule has 0 bridgehead atoms. The number of hydrogen-bond donors (Lipinski definition) is 1. The van der Waals surface area contributed by atoms with E-state index in [-0.39, 0.29) is 10.6 Å². The van der Waals surface area contributed by atoms with E-state index in [4.69, 9.17) is 22.7 Å². The highest BCUT2D eigenvalue weighted by Crippen LogP contribution is 2.12. The summed E-state index contributed by atoms with van der Waals surface area (Å²) in [5.41, 5.74) is 7.66. The Kier molecular flexibility index (Phi) is 4.60. The van der Waals surface area contributed by atoms with Crippen LogP contribution in [0.15, 0.2) is 48.5 Å². The number of rotatable bonds is 5. The molecule has 98 valence electrons. The fraction of sp³-hybridized carbons (Fsp3) is 0.133. The smallest absolute Gasteiger partial charge is 0.133 e. The molecule has 0 aliphatic rings. The second-order valence-corrected chi connectivity index (χ2v) is 4.60. The predicted molar refractivity (Wildman–Crippen MR) is 77.2 cm³/mol. The molecule has 2 rings (SSSR count). The van der Waals surface area contributed by atoms with Crippen LogP contribution in [0, 0.1) is 5.82 Å². The van der Waals surface area contributed by atoms with Crippen molar-refractivity contribution in [2.75, 3.05) is 0 Å². The molecule has 19 heavy (non-hydrogen) atoms. The van der Waals surface area contributed by atoms with Gasteiger partial charge in [0.2, 0.25) is 0 Å². The van der Waals surface area contributed by atoms with E-state index < -0.39 is 5.82 Å². The number of nitrogens with two attached hydrogens (primary N) is 1. The number of benzene rings is 2. The molecular formula is C15H14FNOS. The number of halogens is 1. The Hall–Kier alpha value is -1.78. The molecule has 0 saturated carbocycles. The van der Waals surface area contributed by atoms with Crippen molar-refractivity contribution < 1.29 is 9.13 Å². The van der Waals surface area contributed by atoms with E-state index in [1.54, 1.807) is 12.1 Å². The lowest BCUT2D eigenvalue weighted by molar-refractivity contribution is 0.107. The molecule has 0 aromatic heterocycles. The van der Waals surface area contributed by atoms with Gasteiger partial charge in [-0.3, -0.25) is 0 Å². The van der Waals surface area contributed by atoms with Crippen molar-refractivity contribution in [1.29, 1.82) is 0 Å². The fourth-order valence-electron chi connectivity index (χ4n) is 1.71. The van der Waals surface area contributed by atoms with E-state index in [0.717, 1.165) is 11.1 Å². The molecule has 0 spiro atoms. The first-order valence-corrected chi connectivity index (χ1v) is 6.27. The van der Waals surface area contributed by atoms with E-state index in [2.05, 4.69) is 0 Å². The van der Waals surface area contributed by atoms with Crippen molar-refractivity contribution in [2.45, 2.75) is 13.2 Å². The molecule has 0 amide bonds. The molecule has 0 fully saturated rings. The Bertz CT molecular complexity index is 572. The molecule has 0 saturated heterocycles. The number of hydrogen-bond acceptors (Lipinski definition) is 2. The van der Waals surface area contributed by atoms with Gasteiger partial charge in [0.05, 0.1) is 13.2 Å². The molecule has 0 atom stereocenters. The van der Waals surface area contributed by atoms with Gasteiger partial charge in [0.1, 0.15) is 10.8 Å². The van der Waals surface area contributed by atoms with E-state index in [0.29, 0.717) is 13.2 Å². The van der Waals surface area contributed by atoms with E-state index >= 15 is 0 Å². The molecule has 0 unspecified atom stereocenters. The van der Waals surface area contributed by atoms with Gasteiger partial charge in [-0.2, -0.15) is 0 Å². The van der Waals surface area contributed by atoms with Gasteiger partial charge in [0.25, 0.3) is 0 Å². The minimum atomic E-state index is -0.403. The standard InChI is InChI=1S/C15H14FNOS/c16-14-7-6-12(8-13(14)15(17)19)10-18-9-11-4-2-1-3-5-11/h1-8H,9-10H2,(H2,17,19). The average Bonchev–Trinajstić information content (AvgIpc) is 2.41. The Morgan fingerprint density at radius 2 is 1.74 bits per heavy atom. The molecule has 2 aromatic carbocycles. The maximum absolute atomic E-state index is 13.4. The molecule has 0 heterocycles. The zero-order valence-electron chi connectivity index (χ0n) is 10.3. The first-order chi connectivity index (χ1) is 9.16. The first-order valence-electron chi connectivity index (χ1n) is 5.86. The zero-order valence-corrected chi connectivity index (χ0v) is 11.1. The lowest BCUT2D eigenvalue weighted by Gasteiger charge is -2.07. The normalized spacial score (nSPS) is 10.4. The van der Waals surface area contributed by atoms with Crippen LogP contribution in [0.4, 0.5) is 4.39 Å². The van der Waals surface area contributed by atoms with Crippen molar-refractivity contribution in [3.05, 3.63) is 71.0 Å². The lowest BCUT2D eigenvalue weighted by atomic mass is 10.1. The van der Waals surface area contributed by atoms with Crippen LogP contribution in [0.5, 0.6) is 0 Å². The Labute approximate surface area is 117 Å². The highest BCUT2D eigenvalue weighted by atomic mass is 32.1. The topological polar surface area (TPSA) is 35.2 Å². The highest BCUT2D eigenvalue weighted by Gasteiger charge is 2.06. The summed E-state index contributed by atoms with van der Waals surface area (Å²) in [6, 6.07) is 14.5. The lowest BCUT2D eigenvalue weighted by Crippen LogP contribution is -2.12.